The molecule has 0 rings (SSSR count). The van der Waals surface area contributed by atoms with E-state index in [0.717, 1.165) is 0 Å². The molecule has 0 radical (unpaired) electrons. The summed E-state index contributed by atoms with van der Waals surface area (Å²) in [6, 6.07) is -2.35. The maximum absolute atomic E-state index is 12.5. The quantitative estimate of drug-likeness (QED) is 0.422. The molecule has 16 heavy (non-hydrogen) atoms. The molecular formula is C7H4F8O. The van der Waals surface area contributed by atoms with Crippen molar-refractivity contribution in [1.82, 2.24) is 0 Å². The van der Waals surface area contributed by atoms with Gasteiger partial charge in [0, 0.05) is 0 Å². The Balaban J connectivity index is 5.19. The van der Waals surface area contributed by atoms with Crippen molar-refractivity contribution in [3.05, 3.63) is 24.7 Å². The molecule has 0 fully saturated rings. The van der Waals surface area contributed by atoms with Crippen LogP contribution in [-0.4, -0.2) is 18.2 Å². The van der Waals surface area contributed by atoms with Crippen molar-refractivity contribution in [3.63, 3.8) is 0 Å². The summed E-state index contributed by atoms with van der Waals surface area (Å²) in [5.74, 6) is -5.81. The van der Waals surface area contributed by atoms with E-state index in [2.05, 4.69) is 11.3 Å². The van der Waals surface area contributed by atoms with Crippen molar-refractivity contribution in [2.24, 2.45) is 0 Å². The van der Waals surface area contributed by atoms with E-state index < -0.39 is 29.8 Å². The topological polar surface area (TPSA) is 9.23 Å². The zero-order valence-electron chi connectivity index (χ0n) is 7.35. The predicted octanol–water partition coefficient (Wildman–Crippen LogP) is 3.79. The lowest BCUT2D eigenvalue weighted by Crippen LogP contribution is -2.47. The van der Waals surface area contributed by atoms with Gasteiger partial charge in [-0.1, -0.05) is 6.58 Å². The second kappa shape index (κ2) is 3.95. The first-order valence-corrected chi connectivity index (χ1v) is 3.38. The minimum atomic E-state index is -5.81. The Kier molecular flexibility index (Phi) is 3.63. The minimum absolute atomic E-state index is 1.78. The molecular weight excluding hydrogens is 252 g/mol. The van der Waals surface area contributed by atoms with Gasteiger partial charge >= 0.3 is 18.2 Å². The second-order valence-electron chi connectivity index (χ2n) is 2.52. The number of alkyl halides is 7. The summed E-state index contributed by atoms with van der Waals surface area (Å²) >= 11 is 0. The highest BCUT2D eigenvalue weighted by atomic mass is 19.4. The van der Waals surface area contributed by atoms with Crippen molar-refractivity contribution in [3.8, 4) is 0 Å². The molecule has 0 aliphatic heterocycles. The average molecular weight is 256 g/mol. The Labute approximate surface area is 84.0 Å². The van der Waals surface area contributed by atoms with E-state index in [1.165, 1.54) is 0 Å². The van der Waals surface area contributed by atoms with Gasteiger partial charge in [-0.25, -0.2) is 0 Å². The van der Waals surface area contributed by atoms with E-state index in [4.69, 9.17) is 0 Å². The lowest BCUT2D eigenvalue weighted by Gasteiger charge is -2.27. The molecule has 9 heteroatoms. The second-order valence-corrected chi connectivity index (χ2v) is 2.52. The number of halogens is 8. The number of hydrogen-bond acceptors (Lipinski definition) is 1. The number of hydrogen-bond donors (Lipinski definition) is 0. The normalized spacial score (nSPS) is 13.5. The molecule has 0 unspecified atom stereocenters. The van der Waals surface area contributed by atoms with Gasteiger partial charge in [-0.05, 0) is 6.58 Å². The number of rotatable bonds is 4. The first-order valence-electron chi connectivity index (χ1n) is 3.38. The van der Waals surface area contributed by atoms with Gasteiger partial charge in [-0.3, -0.25) is 0 Å². The van der Waals surface area contributed by atoms with Gasteiger partial charge in [0.1, 0.15) is 5.57 Å². The SMILES string of the molecule is C=C(F)OC(F)(F)C(F)(F)C(=C)C(F)(F)F. The Hall–Kier alpha value is -1.28. The van der Waals surface area contributed by atoms with Crippen LogP contribution >= 0.6 is 0 Å². The molecule has 0 saturated heterocycles. The first kappa shape index (κ1) is 14.7. The molecule has 0 aromatic heterocycles. The van der Waals surface area contributed by atoms with Gasteiger partial charge in [0.2, 0.25) is 0 Å². The van der Waals surface area contributed by atoms with Crippen LogP contribution in [0.15, 0.2) is 24.7 Å². The van der Waals surface area contributed by atoms with Gasteiger partial charge in [-0.2, -0.15) is 35.1 Å². The summed E-state index contributed by atoms with van der Waals surface area (Å²) in [6.07, 6.45) is -11.5. The fourth-order valence-corrected chi connectivity index (χ4v) is 0.557. The van der Waals surface area contributed by atoms with Gasteiger partial charge in [0.05, 0.1) is 0 Å². The molecule has 0 bridgehead atoms. The van der Waals surface area contributed by atoms with Crippen molar-refractivity contribution in [2.75, 3.05) is 0 Å². The highest BCUT2D eigenvalue weighted by Gasteiger charge is 2.67. The average Bonchev–Trinajstić information content (AvgIpc) is 1.98. The molecule has 1 nitrogen and oxygen atoms in total. The van der Waals surface area contributed by atoms with Crippen molar-refractivity contribution < 1.29 is 39.9 Å². The van der Waals surface area contributed by atoms with Gasteiger partial charge in [-0.15, -0.1) is 0 Å². The molecule has 94 valence electrons. The highest BCUT2D eigenvalue weighted by molar-refractivity contribution is 5.17. The highest BCUT2D eigenvalue weighted by Crippen LogP contribution is 2.46. The van der Waals surface area contributed by atoms with Crippen LogP contribution < -0.4 is 0 Å². The van der Waals surface area contributed by atoms with Gasteiger partial charge < -0.3 is 4.74 Å². The predicted molar refractivity (Wildman–Crippen MR) is 36.4 cm³/mol. The van der Waals surface area contributed by atoms with Crippen LogP contribution in [0.3, 0.4) is 0 Å². The van der Waals surface area contributed by atoms with E-state index in [9.17, 15) is 35.1 Å². The molecule has 0 N–H and O–H groups in total. The third-order valence-corrected chi connectivity index (χ3v) is 1.33. The lowest BCUT2D eigenvalue weighted by molar-refractivity contribution is -0.334. The maximum atomic E-state index is 12.5. The van der Waals surface area contributed by atoms with Crippen molar-refractivity contribution >= 4 is 0 Å². The maximum Gasteiger partial charge on any atom is 0.470 e. The van der Waals surface area contributed by atoms with Crippen LogP contribution in [0.25, 0.3) is 0 Å². The minimum Gasteiger partial charge on any atom is -0.402 e. The summed E-state index contributed by atoms with van der Waals surface area (Å²) < 4.78 is 99.4. The smallest absolute Gasteiger partial charge is 0.402 e. The zero-order valence-corrected chi connectivity index (χ0v) is 7.35. The van der Waals surface area contributed by atoms with E-state index in [1.807, 2.05) is 0 Å². The third kappa shape index (κ3) is 2.86. The van der Waals surface area contributed by atoms with Crippen LogP contribution in [-0.2, 0) is 4.74 Å². The standard InChI is InChI=1S/C7H4F8O/c1-3(6(11,12)13)5(9,10)7(14,15)16-4(2)8/h1-2H2. The fraction of sp³-hybridized carbons (Fsp3) is 0.429. The first-order chi connectivity index (χ1) is 6.82. The Bertz CT molecular complexity index is 302. The molecule has 0 heterocycles. The summed E-state index contributed by atoms with van der Waals surface area (Å²) in [4.78, 5) is 0. The van der Waals surface area contributed by atoms with Gasteiger partial charge in [0.25, 0.3) is 6.01 Å². The molecule has 0 amide bonds. The lowest BCUT2D eigenvalue weighted by atomic mass is 10.1. The molecule has 0 saturated carbocycles. The monoisotopic (exact) mass is 256 g/mol. The zero-order chi connectivity index (χ0) is 13.4. The van der Waals surface area contributed by atoms with Gasteiger partial charge in [0.15, 0.2) is 0 Å². The molecule has 0 aliphatic carbocycles. The van der Waals surface area contributed by atoms with Crippen LogP contribution in [0.5, 0.6) is 0 Å². The van der Waals surface area contributed by atoms with E-state index in [-0.39, 0.29) is 0 Å². The Morgan fingerprint density at radius 2 is 1.25 bits per heavy atom. The molecule has 0 aliphatic rings. The Morgan fingerprint density at radius 1 is 0.875 bits per heavy atom. The van der Waals surface area contributed by atoms with Crippen LogP contribution in [0, 0.1) is 0 Å². The van der Waals surface area contributed by atoms with Crippen LogP contribution in [0.1, 0.15) is 0 Å². The van der Waals surface area contributed by atoms with Crippen molar-refractivity contribution in [1.29, 1.82) is 0 Å². The fourth-order valence-electron chi connectivity index (χ4n) is 0.557. The van der Waals surface area contributed by atoms with Crippen LogP contribution in [0.2, 0.25) is 0 Å². The Morgan fingerprint density at radius 3 is 1.50 bits per heavy atom. The van der Waals surface area contributed by atoms with Crippen LogP contribution in [0.4, 0.5) is 35.1 Å². The van der Waals surface area contributed by atoms with E-state index in [1.54, 1.807) is 6.58 Å². The summed E-state index contributed by atoms with van der Waals surface area (Å²) in [5, 5.41) is 0. The largest absolute Gasteiger partial charge is 0.470 e. The summed E-state index contributed by atoms with van der Waals surface area (Å²) in [5.41, 5.74) is -3.05. The third-order valence-electron chi connectivity index (χ3n) is 1.33. The summed E-state index contributed by atoms with van der Waals surface area (Å²) in [7, 11) is 0. The molecule has 0 atom stereocenters. The molecule has 0 spiro atoms. The van der Waals surface area contributed by atoms with Crippen molar-refractivity contribution in [2.45, 2.75) is 18.2 Å². The van der Waals surface area contributed by atoms with E-state index >= 15 is 0 Å². The summed E-state index contributed by atoms with van der Waals surface area (Å²) in [6.45, 7) is 3.85. The van der Waals surface area contributed by atoms with E-state index in [0.29, 0.717) is 0 Å². The molecule has 0 aromatic carbocycles. The number of ether oxygens (including phenoxy) is 1. The molecule has 0 aromatic rings.